The van der Waals surface area contributed by atoms with E-state index in [2.05, 4.69) is 120 Å². The Hall–Kier alpha value is -5.41. The molecule has 7 rings (SSSR count). The van der Waals surface area contributed by atoms with Crippen molar-refractivity contribution in [2.75, 3.05) is 55.1 Å². The molecule has 11 nitrogen and oxygen atoms in total. The molecule has 354 valence electrons. The molecule has 1 aromatic heterocycles. The minimum absolute atomic E-state index is 0.0320. The predicted molar refractivity (Wildman–Crippen MR) is 271 cm³/mol. The fraction of sp³-hybridized carbons (Fsp3) is 0.352. The van der Waals surface area contributed by atoms with Crippen molar-refractivity contribution in [3.05, 3.63) is 171 Å². The number of allylic oxidation sites excluding steroid dienone is 5. The quantitative estimate of drug-likeness (QED) is 0.0415. The fourth-order valence-corrected chi connectivity index (χ4v) is 10.8. The normalized spacial score (nSPS) is 16.2. The molecule has 0 saturated carbocycles. The molecule has 2 aliphatic rings. The van der Waals surface area contributed by atoms with Crippen molar-refractivity contribution in [3.8, 4) is 11.3 Å². The van der Waals surface area contributed by atoms with Gasteiger partial charge >= 0.3 is 0 Å². The molecule has 0 aliphatic heterocycles. The average Bonchev–Trinajstić information content (AvgIpc) is 3.59. The van der Waals surface area contributed by atoms with E-state index in [-0.39, 0.29) is 30.2 Å². The van der Waals surface area contributed by atoms with Gasteiger partial charge in [0.15, 0.2) is 0 Å². The highest BCUT2D eigenvalue weighted by atomic mass is 32.2. The van der Waals surface area contributed by atoms with Crippen molar-refractivity contribution < 1.29 is 35.4 Å². The first kappa shape index (κ1) is 49.5. The summed E-state index contributed by atoms with van der Waals surface area (Å²) in [5, 5.41) is 0. The van der Waals surface area contributed by atoms with Gasteiger partial charge in [0.1, 0.15) is 5.69 Å². The third-order valence-corrected chi connectivity index (χ3v) is 14.6. The SMILES string of the molecule is CCOCCN(C1=CC=C([C+](c2ccc(N(CCOCC)c3ccc(C)cc3)cc2)c2c3c(n(CCCS(=O)(=O)O)c2-c2ccccc2)CC(C)C(S(=O)(=O)O)=C3)CC1C)c1ccc(C)cc1. The van der Waals surface area contributed by atoms with E-state index in [1.807, 2.05) is 44.2 Å². The number of nitrogens with zero attached hydrogens (tertiary/aromatic N) is 3. The summed E-state index contributed by atoms with van der Waals surface area (Å²) in [7, 11) is -8.87. The van der Waals surface area contributed by atoms with Crippen LogP contribution in [0, 0.1) is 31.6 Å². The number of benzene rings is 4. The Morgan fingerprint density at radius 3 is 1.79 bits per heavy atom. The summed E-state index contributed by atoms with van der Waals surface area (Å²) in [4.78, 5) is 4.49. The molecule has 67 heavy (non-hydrogen) atoms. The molecule has 4 aromatic carbocycles. The van der Waals surface area contributed by atoms with Crippen LogP contribution in [0.3, 0.4) is 0 Å². The Kier molecular flexibility index (Phi) is 16.0. The maximum Gasteiger partial charge on any atom is 0.291 e. The zero-order valence-corrected chi connectivity index (χ0v) is 41.1. The Labute approximate surface area is 397 Å². The number of ether oxygens (including phenoxy) is 2. The Morgan fingerprint density at radius 1 is 0.701 bits per heavy atom. The first-order valence-electron chi connectivity index (χ1n) is 23.3. The molecule has 0 amide bonds. The van der Waals surface area contributed by atoms with E-state index < -0.39 is 31.9 Å². The van der Waals surface area contributed by atoms with Gasteiger partial charge in [-0.05, 0) is 119 Å². The van der Waals surface area contributed by atoms with Crippen LogP contribution >= 0.6 is 0 Å². The van der Waals surface area contributed by atoms with Crippen LogP contribution in [0.4, 0.5) is 17.1 Å². The lowest BCUT2D eigenvalue weighted by Crippen LogP contribution is -2.31. The van der Waals surface area contributed by atoms with Crippen molar-refractivity contribution in [2.45, 2.75) is 67.3 Å². The maximum atomic E-state index is 13.1. The second-order valence-corrected chi connectivity index (χ2v) is 20.5. The van der Waals surface area contributed by atoms with Crippen LogP contribution in [-0.2, 0) is 42.7 Å². The highest BCUT2D eigenvalue weighted by Crippen LogP contribution is 2.49. The van der Waals surface area contributed by atoms with Crippen LogP contribution in [0.25, 0.3) is 17.3 Å². The number of aryl methyl sites for hydroxylation is 2. The van der Waals surface area contributed by atoms with E-state index >= 15 is 0 Å². The summed E-state index contributed by atoms with van der Waals surface area (Å²) in [5.41, 5.74) is 12.4. The van der Waals surface area contributed by atoms with E-state index in [9.17, 15) is 25.9 Å². The first-order chi connectivity index (χ1) is 32.1. The van der Waals surface area contributed by atoms with Gasteiger partial charge in [0.05, 0.1) is 57.9 Å². The Bertz CT molecular complexity index is 2800. The van der Waals surface area contributed by atoms with Gasteiger partial charge in [0, 0.05) is 79.3 Å². The summed E-state index contributed by atoms with van der Waals surface area (Å²) in [6.07, 6.45) is 7.00. The lowest BCUT2D eigenvalue weighted by molar-refractivity contribution is 0.154. The Morgan fingerprint density at radius 2 is 1.25 bits per heavy atom. The van der Waals surface area contributed by atoms with Crippen LogP contribution in [0.2, 0.25) is 0 Å². The molecule has 2 N–H and O–H groups in total. The van der Waals surface area contributed by atoms with Crippen LogP contribution in [0.15, 0.2) is 131 Å². The zero-order chi connectivity index (χ0) is 47.9. The molecular formula is C54H64N3O8S2+. The van der Waals surface area contributed by atoms with Crippen LogP contribution in [-0.4, -0.2) is 75.8 Å². The summed E-state index contributed by atoms with van der Waals surface area (Å²) in [6, 6.07) is 35.3. The van der Waals surface area contributed by atoms with Gasteiger partial charge in [-0.3, -0.25) is 9.11 Å². The smallest absolute Gasteiger partial charge is 0.291 e. The van der Waals surface area contributed by atoms with E-state index in [0.717, 1.165) is 67.9 Å². The van der Waals surface area contributed by atoms with Gasteiger partial charge < -0.3 is 23.8 Å². The molecule has 1 heterocycles. The molecule has 0 bridgehead atoms. The molecule has 2 unspecified atom stereocenters. The minimum atomic E-state index is -4.60. The van der Waals surface area contributed by atoms with Gasteiger partial charge in [0.2, 0.25) is 0 Å². The summed E-state index contributed by atoms with van der Waals surface area (Å²) in [6.45, 7) is 16.0. The van der Waals surface area contributed by atoms with Crippen molar-refractivity contribution in [1.29, 1.82) is 0 Å². The highest BCUT2D eigenvalue weighted by Gasteiger charge is 2.41. The number of aromatic nitrogens is 1. The van der Waals surface area contributed by atoms with Crippen LogP contribution in [0.5, 0.6) is 0 Å². The van der Waals surface area contributed by atoms with E-state index in [1.165, 1.54) is 5.56 Å². The van der Waals surface area contributed by atoms with Gasteiger partial charge in [-0.2, -0.15) is 16.8 Å². The third-order valence-electron chi connectivity index (χ3n) is 12.7. The van der Waals surface area contributed by atoms with E-state index in [0.29, 0.717) is 51.5 Å². The lowest BCUT2D eigenvalue weighted by Gasteiger charge is -2.34. The van der Waals surface area contributed by atoms with Crippen molar-refractivity contribution in [2.24, 2.45) is 11.8 Å². The van der Waals surface area contributed by atoms with Gasteiger partial charge in [-0.15, -0.1) is 0 Å². The van der Waals surface area contributed by atoms with Crippen molar-refractivity contribution in [3.63, 3.8) is 0 Å². The maximum absolute atomic E-state index is 13.1. The number of rotatable bonds is 21. The summed E-state index contributed by atoms with van der Waals surface area (Å²) in [5.74, 6) is -0.0823. The minimum Gasteiger partial charge on any atom is -0.380 e. The largest absolute Gasteiger partial charge is 0.380 e. The number of hydrogen-bond acceptors (Lipinski definition) is 8. The van der Waals surface area contributed by atoms with Crippen LogP contribution in [0.1, 0.15) is 74.0 Å². The van der Waals surface area contributed by atoms with E-state index in [1.54, 1.807) is 13.0 Å². The molecule has 0 fully saturated rings. The number of fused-ring (bicyclic) bond motifs is 1. The second-order valence-electron chi connectivity index (χ2n) is 17.5. The standard InChI is InChI=1S/C54H63N3O8S2/c1-7-64-32-30-55(45-22-15-38(3)16-23-45)46-26-19-42(20-27-46)52(44-21-28-49(40(5)35-44)56(31-33-65-8-2)47-24-17-39(4)18-25-47)53-48-37-51(67(61,62)63)41(6)36-50(48)57(29-12-34-66(58,59)60)54(53)43-13-10-9-11-14-43/h9-11,13-28,37,40-41H,7-8,12,29-36H2,1-6H3,(H-,58,59,60,61,62,63)/p+1. The van der Waals surface area contributed by atoms with Gasteiger partial charge in [0.25, 0.3) is 20.2 Å². The molecule has 0 spiro atoms. The number of hydrogen-bond donors (Lipinski definition) is 2. The van der Waals surface area contributed by atoms with Crippen molar-refractivity contribution in [1.82, 2.24) is 4.57 Å². The van der Waals surface area contributed by atoms with Crippen molar-refractivity contribution >= 4 is 43.4 Å². The summed E-state index contributed by atoms with van der Waals surface area (Å²) < 4.78 is 84.9. The Balaban J connectivity index is 1.48. The third kappa shape index (κ3) is 11.8. The topological polar surface area (TPSA) is 139 Å². The molecule has 5 aromatic rings. The predicted octanol–water partition coefficient (Wildman–Crippen LogP) is 11.0. The van der Waals surface area contributed by atoms with E-state index in [4.69, 9.17) is 9.47 Å². The van der Waals surface area contributed by atoms with Crippen LogP contribution < -0.4 is 9.80 Å². The molecule has 0 radical (unpaired) electrons. The second kappa shape index (κ2) is 21.7. The molecule has 0 saturated heterocycles. The molecule has 2 atom stereocenters. The number of anilines is 3. The summed E-state index contributed by atoms with van der Waals surface area (Å²) >= 11 is 0. The van der Waals surface area contributed by atoms with Gasteiger partial charge in [-0.1, -0.05) is 67.4 Å². The molecule has 2 aliphatic carbocycles. The zero-order valence-electron chi connectivity index (χ0n) is 39.5. The lowest BCUT2D eigenvalue weighted by atomic mass is 9.75. The monoisotopic (exact) mass is 946 g/mol. The van der Waals surface area contributed by atoms with Gasteiger partial charge in [-0.25, -0.2) is 0 Å². The first-order valence-corrected chi connectivity index (χ1v) is 26.3. The highest BCUT2D eigenvalue weighted by molar-refractivity contribution is 7.90. The fourth-order valence-electron chi connectivity index (χ4n) is 9.42. The molecule has 13 heteroatoms. The molecular weight excluding hydrogens is 883 g/mol. The average molecular weight is 947 g/mol.